The highest BCUT2D eigenvalue weighted by Crippen LogP contribution is 2.34. The zero-order chi connectivity index (χ0) is 25.4. The van der Waals surface area contributed by atoms with Crippen molar-refractivity contribution in [2.45, 2.75) is 33.7 Å². The summed E-state index contributed by atoms with van der Waals surface area (Å²) in [5.41, 5.74) is 6.97. The number of carbonyl (C=O) groups excluding carboxylic acids is 1. The van der Waals surface area contributed by atoms with Gasteiger partial charge in [0.05, 0.1) is 23.0 Å². The Labute approximate surface area is 208 Å². The Morgan fingerprint density at radius 1 is 1.06 bits per heavy atom. The fourth-order valence-corrected chi connectivity index (χ4v) is 4.02. The van der Waals surface area contributed by atoms with E-state index in [2.05, 4.69) is 40.8 Å². The molecule has 0 radical (unpaired) electrons. The zero-order valence-electron chi connectivity index (χ0n) is 20.8. The van der Waals surface area contributed by atoms with Crippen molar-refractivity contribution >= 4 is 22.6 Å². The number of amides is 2. The SMILES string of the molecule is Cc1ccc2c(-c3nc(-c4cccc(NC(=O)NC(C)C)c4)no3)cc(-c3cnn(C)c3)nc2c1C. The maximum atomic E-state index is 12.1. The molecule has 36 heavy (non-hydrogen) atoms. The van der Waals surface area contributed by atoms with E-state index in [1.807, 2.05) is 63.5 Å². The van der Waals surface area contributed by atoms with Gasteiger partial charge in [0.2, 0.25) is 5.82 Å². The van der Waals surface area contributed by atoms with Crippen LogP contribution in [0, 0.1) is 13.8 Å². The number of aromatic nitrogens is 5. The molecule has 0 fully saturated rings. The maximum absolute atomic E-state index is 12.1. The number of pyridine rings is 1. The van der Waals surface area contributed by atoms with Gasteiger partial charge in [-0.2, -0.15) is 10.1 Å². The quantitative estimate of drug-likeness (QED) is 0.343. The fourth-order valence-electron chi connectivity index (χ4n) is 4.02. The topological polar surface area (TPSA) is 111 Å². The van der Waals surface area contributed by atoms with Crippen LogP contribution < -0.4 is 10.6 Å². The Hall–Kier alpha value is -4.53. The van der Waals surface area contributed by atoms with Gasteiger partial charge in [-0.25, -0.2) is 9.78 Å². The average molecular weight is 482 g/mol. The van der Waals surface area contributed by atoms with Crippen molar-refractivity contribution < 1.29 is 9.32 Å². The van der Waals surface area contributed by atoms with Gasteiger partial charge in [-0.15, -0.1) is 0 Å². The summed E-state index contributed by atoms with van der Waals surface area (Å²) in [5.74, 6) is 0.816. The smallest absolute Gasteiger partial charge is 0.319 e. The van der Waals surface area contributed by atoms with Crippen molar-refractivity contribution in [1.82, 2.24) is 30.2 Å². The van der Waals surface area contributed by atoms with Crippen molar-refractivity contribution in [3.8, 4) is 34.1 Å². The lowest BCUT2D eigenvalue weighted by molar-refractivity contribution is 0.250. The van der Waals surface area contributed by atoms with E-state index in [4.69, 9.17) is 14.5 Å². The first-order valence-corrected chi connectivity index (χ1v) is 11.7. The summed E-state index contributed by atoms with van der Waals surface area (Å²) in [5, 5.41) is 15.1. The molecular formula is C27H27N7O2. The molecule has 0 bridgehead atoms. The summed E-state index contributed by atoms with van der Waals surface area (Å²) in [6.07, 6.45) is 3.71. The summed E-state index contributed by atoms with van der Waals surface area (Å²) in [7, 11) is 1.88. The minimum atomic E-state index is -0.271. The van der Waals surface area contributed by atoms with Crippen LogP contribution in [-0.2, 0) is 7.05 Å². The van der Waals surface area contributed by atoms with Crippen LogP contribution in [0.3, 0.4) is 0 Å². The number of fused-ring (bicyclic) bond motifs is 1. The summed E-state index contributed by atoms with van der Waals surface area (Å²) in [6.45, 7) is 7.94. The number of benzene rings is 2. The van der Waals surface area contributed by atoms with Crippen molar-refractivity contribution in [3.05, 3.63) is 66.0 Å². The Bertz CT molecular complexity index is 1580. The number of urea groups is 1. The predicted octanol–water partition coefficient (Wildman–Crippen LogP) is 5.50. The molecule has 9 heteroatoms. The molecular weight excluding hydrogens is 454 g/mol. The van der Waals surface area contributed by atoms with Gasteiger partial charge in [0.1, 0.15) is 0 Å². The molecule has 5 rings (SSSR count). The van der Waals surface area contributed by atoms with E-state index in [0.29, 0.717) is 17.4 Å². The van der Waals surface area contributed by atoms with Crippen molar-refractivity contribution in [2.24, 2.45) is 7.05 Å². The molecule has 2 amide bonds. The van der Waals surface area contributed by atoms with E-state index >= 15 is 0 Å². The standard InChI is InChI=1S/C27H27N7O2/c1-15(2)29-27(35)30-20-8-6-7-18(11-20)25-32-26(36-33-25)22-12-23(19-13-28-34(5)14-19)31-24-17(4)16(3)9-10-21(22)24/h6-15H,1-5H3,(H2,29,30,35). The van der Waals surface area contributed by atoms with Crippen molar-refractivity contribution in [1.29, 1.82) is 0 Å². The van der Waals surface area contributed by atoms with Crippen LogP contribution in [0.5, 0.6) is 0 Å². The summed E-state index contributed by atoms with van der Waals surface area (Å²) >= 11 is 0. The second kappa shape index (κ2) is 9.26. The molecule has 9 nitrogen and oxygen atoms in total. The molecule has 5 aromatic rings. The molecule has 2 aromatic carbocycles. The lowest BCUT2D eigenvalue weighted by Crippen LogP contribution is -2.34. The first kappa shape index (κ1) is 23.2. The molecule has 0 unspecified atom stereocenters. The normalized spacial score (nSPS) is 11.3. The number of hydrogen-bond acceptors (Lipinski definition) is 6. The van der Waals surface area contributed by atoms with Gasteiger partial charge in [0, 0.05) is 41.5 Å². The first-order chi connectivity index (χ1) is 17.3. The van der Waals surface area contributed by atoms with E-state index in [0.717, 1.165) is 44.4 Å². The van der Waals surface area contributed by atoms with Crippen LogP contribution in [0.15, 0.2) is 59.4 Å². The molecule has 0 aliphatic heterocycles. The second-order valence-electron chi connectivity index (χ2n) is 9.12. The van der Waals surface area contributed by atoms with Crippen molar-refractivity contribution in [3.63, 3.8) is 0 Å². The number of nitrogens with zero attached hydrogens (tertiary/aromatic N) is 5. The summed E-state index contributed by atoms with van der Waals surface area (Å²) < 4.78 is 7.49. The van der Waals surface area contributed by atoms with E-state index in [-0.39, 0.29) is 12.1 Å². The predicted molar refractivity (Wildman–Crippen MR) is 139 cm³/mol. The maximum Gasteiger partial charge on any atom is 0.319 e. The summed E-state index contributed by atoms with van der Waals surface area (Å²) in [6, 6.07) is 13.2. The molecule has 0 spiro atoms. The van der Waals surface area contributed by atoms with Gasteiger partial charge in [0.15, 0.2) is 0 Å². The van der Waals surface area contributed by atoms with E-state index in [1.54, 1.807) is 10.9 Å². The van der Waals surface area contributed by atoms with Gasteiger partial charge >= 0.3 is 6.03 Å². The highest BCUT2D eigenvalue weighted by Gasteiger charge is 2.18. The molecule has 3 heterocycles. The van der Waals surface area contributed by atoms with Crippen LogP contribution >= 0.6 is 0 Å². The molecule has 2 N–H and O–H groups in total. The lowest BCUT2D eigenvalue weighted by Gasteiger charge is -2.10. The molecule has 182 valence electrons. The van der Waals surface area contributed by atoms with Crippen LogP contribution in [0.25, 0.3) is 45.0 Å². The van der Waals surface area contributed by atoms with E-state index in [9.17, 15) is 4.79 Å². The van der Waals surface area contributed by atoms with E-state index < -0.39 is 0 Å². The minimum Gasteiger partial charge on any atom is -0.336 e. The molecule has 0 aliphatic rings. The third-order valence-corrected chi connectivity index (χ3v) is 5.96. The van der Waals surface area contributed by atoms with Gasteiger partial charge < -0.3 is 15.2 Å². The number of rotatable bonds is 5. The van der Waals surface area contributed by atoms with Crippen LogP contribution in [0.2, 0.25) is 0 Å². The Morgan fingerprint density at radius 3 is 2.64 bits per heavy atom. The molecule has 0 atom stereocenters. The fraction of sp³-hybridized carbons (Fsp3) is 0.222. The third kappa shape index (κ3) is 4.55. The monoisotopic (exact) mass is 481 g/mol. The van der Waals surface area contributed by atoms with E-state index in [1.165, 1.54) is 0 Å². The highest BCUT2D eigenvalue weighted by atomic mass is 16.5. The van der Waals surface area contributed by atoms with Gasteiger partial charge in [0.25, 0.3) is 5.89 Å². The number of nitrogens with one attached hydrogen (secondary N) is 2. The van der Waals surface area contributed by atoms with Crippen LogP contribution in [-0.4, -0.2) is 37.0 Å². The van der Waals surface area contributed by atoms with Crippen molar-refractivity contribution in [2.75, 3.05) is 5.32 Å². The molecule has 0 aliphatic carbocycles. The Morgan fingerprint density at radius 2 is 1.89 bits per heavy atom. The Kier molecular flexibility index (Phi) is 5.97. The van der Waals surface area contributed by atoms with Gasteiger partial charge in [-0.1, -0.05) is 29.4 Å². The minimum absolute atomic E-state index is 0.0344. The average Bonchev–Trinajstić information content (AvgIpc) is 3.50. The van der Waals surface area contributed by atoms with Crippen LogP contribution in [0.4, 0.5) is 10.5 Å². The van der Waals surface area contributed by atoms with Gasteiger partial charge in [-0.3, -0.25) is 4.68 Å². The molecule has 0 saturated heterocycles. The third-order valence-electron chi connectivity index (χ3n) is 5.96. The number of hydrogen-bond donors (Lipinski definition) is 2. The first-order valence-electron chi connectivity index (χ1n) is 11.7. The molecule has 0 saturated carbocycles. The zero-order valence-corrected chi connectivity index (χ0v) is 20.8. The molecule has 3 aromatic heterocycles. The van der Waals surface area contributed by atoms with Gasteiger partial charge in [-0.05, 0) is 57.0 Å². The summed E-state index contributed by atoms with van der Waals surface area (Å²) in [4.78, 5) is 21.7. The highest BCUT2D eigenvalue weighted by molar-refractivity contribution is 5.97. The number of aryl methyl sites for hydroxylation is 3. The largest absolute Gasteiger partial charge is 0.336 e. The number of anilines is 1. The second-order valence-corrected chi connectivity index (χ2v) is 9.12. The lowest BCUT2D eigenvalue weighted by atomic mass is 10.00. The number of carbonyl (C=O) groups is 1. The van der Waals surface area contributed by atoms with Crippen LogP contribution in [0.1, 0.15) is 25.0 Å². The Balaban J connectivity index is 1.56.